The van der Waals surface area contributed by atoms with E-state index in [2.05, 4.69) is 0 Å². The van der Waals surface area contributed by atoms with Gasteiger partial charge in [0.1, 0.15) is 36.3 Å². The van der Waals surface area contributed by atoms with Crippen LogP contribution in [0.5, 0.6) is 11.5 Å². The first-order valence-corrected chi connectivity index (χ1v) is 12.9. The Balaban J connectivity index is 0.000000231. The Kier molecular flexibility index (Phi) is 11.2. The second-order valence-corrected chi connectivity index (χ2v) is 9.76. The van der Waals surface area contributed by atoms with E-state index in [1.54, 1.807) is 34.7 Å². The summed E-state index contributed by atoms with van der Waals surface area (Å²) in [5.41, 5.74) is -0.792. The highest BCUT2D eigenvalue weighted by Crippen LogP contribution is 2.33. The van der Waals surface area contributed by atoms with Crippen molar-refractivity contribution in [3.05, 3.63) is 122 Å². The number of hydrogen-bond donors (Lipinski definition) is 2. The van der Waals surface area contributed by atoms with E-state index < -0.39 is 41.9 Å². The maximum atomic E-state index is 12.8. The fourth-order valence-electron chi connectivity index (χ4n) is 3.34. The van der Waals surface area contributed by atoms with E-state index in [1.165, 1.54) is 42.5 Å². The van der Waals surface area contributed by atoms with Crippen molar-refractivity contribution < 1.29 is 54.6 Å². The number of ether oxygens (including phenoxy) is 2. The van der Waals surface area contributed by atoms with Gasteiger partial charge in [0.15, 0.2) is 0 Å². The summed E-state index contributed by atoms with van der Waals surface area (Å²) in [4.78, 5) is 0. The summed E-state index contributed by atoms with van der Waals surface area (Å²) in [7, 11) is -2.11. The van der Waals surface area contributed by atoms with Gasteiger partial charge < -0.3 is 19.5 Å². The fraction of sp³-hybridized carbons (Fsp3) is 0.143. The molecule has 4 rings (SSSR count). The van der Waals surface area contributed by atoms with E-state index in [9.17, 15) is 45.2 Å². The van der Waals surface area contributed by atoms with E-state index in [-0.39, 0.29) is 24.8 Å². The Morgan fingerprint density at radius 1 is 0.595 bits per heavy atom. The van der Waals surface area contributed by atoms with Crippen LogP contribution >= 0.6 is 22.6 Å². The Morgan fingerprint density at radius 2 is 1.00 bits per heavy atom. The number of hydrogen-bond acceptors (Lipinski definition) is 4. The lowest BCUT2D eigenvalue weighted by molar-refractivity contribution is -0.138. The van der Waals surface area contributed by atoms with Crippen LogP contribution in [0.3, 0.4) is 0 Å². The van der Waals surface area contributed by atoms with Crippen LogP contribution in [-0.2, 0) is 25.6 Å². The van der Waals surface area contributed by atoms with Crippen molar-refractivity contribution in [2.75, 3.05) is 0 Å². The van der Waals surface area contributed by atoms with E-state index >= 15 is 0 Å². The van der Waals surface area contributed by atoms with Crippen molar-refractivity contribution in [2.45, 2.75) is 25.6 Å². The molecule has 4 nitrogen and oxygen atoms in total. The zero-order valence-electron chi connectivity index (χ0n) is 21.2. The minimum atomic E-state index is -4.60. The molecule has 2 N–H and O–H groups in total. The second-order valence-electron chi connectivity index (χ2n) is 8.60. The number of alkyl halides is 6. The van der Waals surface area contributed by atoms with Gasteiger partial charge in [-0.05, 0) is 94.4 Å². The third-order valence-corrected chi connectivity index (χ3v) is 6.33. The van der Waals surface area contributed by atoms with Crippen molar-refractivity contribution in [3.8, 4) is 11.5 Å². The number of rotatable bonds is 7. The summed E-state index contributed by atoms with van der Waals surface area (Å²) >= 11 is 1.79. The minimum absolute atomic E-state index is 0.0502. The maximum absolute atomic E-state index is 12.8. The highest BCUT2D eigenvalue weighted by atomic mass is 127. The molecular formula is C28H20BF8IO4. The van der Waals surface area contributed by atoms with Crippen LogP contribution in [0.4, 0.5) is 35.1 Å². The van der Waals surface area contributed by atoms with Crippen molar-refractivity contribution in [2.24, 2.45) is 0 Å². The summed E-state index contributed by atoms with van der Waals surface area (Å²) in [6, 6.07) is 16.8. The molecule has 0 saturated heterocycles. The third-order valence-electron chi connectivity index (χ3n) is 5.49. The van der Waals surface area contributed by atoms with Gasteiger partial charge in [-0.15, -0.1) is 0 Å². The number of halogens is 9. The van der Waals surface area contributed by atoms with Crippen LogP contribution in [0.2, 0.25) is 0 Å². The molecule has 0 aliphatic carbocycles. The van der Waals surface area contributed by atoms with Crippen LogP contribution < -0.4 is 14.9 Å². The van der Waals surface area contributed by atoms with E-state index in [0.717, 1.165) is 29.8 Å². The summed E-state index contributed by atoms with van der Waals surface area (Å²) < 4.78 is 112. The van der Waals surface area contributed by atoms with Gasteiger partial charge in [0.05, 0.1) is 14.7 Å². The van der Waals surface area contributed by atoms with Crippen molar-refractivity contribution in [3.63, 3.8) is 0 Å². The second kappa shape index (κ2) is 14.2. The van der Waals surface area contributed by atoms with Gasteiger partial charge in [0.25, 0.3) is 0 Å². The van der Waals surface area contributed by atoms with Crippen LogP contribution in [0.1, 0.15) is 22.3 Å². The number of benzene rings is 4. The van der Waals surface area contributed by atoms with Crippen LogP contribution in [0, 0.1) is 15.2 Å². The van der Waals surface area contributed by atoms with Crippen LogP contribution in [0.15, 0.2) is 84.9 Å². The predicted molar refractivity (Wildman–Crippen MR) is 147 cm³/mol. The Hall–Kier alpha value is -3.37. The predicted octanol–water partition coefficient (Wildman–Crippen LogP) is 7.13. The fourth-order valence-corrected chi connectivity index (χ4v) is 4.01. The molecule has 0 aliphatic heterocycles. The molecule has 0 atom stereocenters. The Bertz CT molecular complexity index is 1460. The standard InChI is InChI=1S/C14H11BF4O3.C14H9F4IO/c16-11-4-1-9(2-5-11)8-22-13-6-3-10(14(17,18)19)7-12(13)15(20)21;15-11-4-1-9(2-5-11)8-20-13-6-3-10(7-12(13)19)14(16,17)18/h1-7,20-21H,8H2;1-7H,8H2. The maximum Gasteiger partial charge on any atom is 0.492 e. The lowest BCUT2D eigenvalue weighted by Crippen LogP contribution is -2.32. The highest BCUT2D eigenvalue weighted by molar-refractivity contribution is 14.1. The lowest BCUT2D eigenvalue weighted by Gasteiger charge is -2.14. The molecule has 0 heterocycles. The van der Waals surface area contributed by atoms with Gasteiger partial charge in [0, 0.05) is 5.46 Å². The van der Waals surface area contributed by atoms with Gasteiger partial charge in [-0.25, -0.2) is 8.78 Å². The summed E-state index contributed by atoms with van der Waals surface area (Å²) in [6.07, 6.45) is -8.96. The summed E-state index contributed by atoms with van der Waals surface area (Å²) in [5, 5.41) is 18.4. The molecule has 4 aromatic rings. The van der Waals surface area contributed by atoms with Crippen molar-refractivity contribution in [1.29, 1.82) is 0 Å². The molecule has 0 amide bonds. The van der Waals surface area contributed by atoms with Gasteiger partial charge >= 0.3 is 19.5 Å². The normalized spacial score (nSPS) is 11.4. The van der Waals surface area contributed by atoms with Gasteiger partial charge in [0.2, 0.25) is 0 Å². The quantitative estimate of drug-likeness (QED) is 0.122. The molecule has 0 unspecified atom stereocenters. The Morgan fingerprint density at radius 3 is 1.40 bits per heavy atom. The molecule has 14 heteroatoms. The topological polar surface area (TPSA) is 58.9 Å². The van der Waals surface area contributed by atoms with E-state index in [4.69, 9.17) is 9.47 Å². The van der Waals surface area contributed by atoms with E-state index in [1.807, 2.05) is 0 Å². The largest absolute Gasteiger partial charge is 0.492 e. The van der Waals surface area contributed by atoms with Crippen molar-refractivity contribution >= 4 is 35.2 Å². The van der Waals surface area contributed by atoms with E-state index in [0.29, 0.717) is 20.9 Å². The van der Waals surface area contributed by atoms with Gasteiger partial charge in [-0.3, -0.25) is 0 Å². The smallest absolute Gasteiger partial charge is 0.489 e. The van der Waals surface area contributed by atoms with Gasteiger partial charge in [-0.2, -0.15) is 26.3 Å². The molecule has 0 aliphatic rings. The van der Waals surface area contributed by atoms with Gasteiger partial charge in [-0.1, -0.05) is 24.3 Å². The Labute approximate surface area is 248 Å². The first-order valence-electron chi connectivity index (χ1n) is 11.8. The molecular weight excluding hydrogens is 690 g/mol. The molecule has 0 fully saturated rings. The molecule has 42 heavy (non-hydrogen) atoms. The summed E-state index contributed by atoms with van der Waals surface area (Å²) in [6.45, 7) is 0.118. The zero-order chi connectivity index (χ0) is 31.1. The lowest BCUT2D eigenvalue weighted by atomic mass is 9.78. The zero-order valence-corrected chi connectivity index (χ0v) is 23.3. The molecule has 222 valence electrons. The monoisotopic (exact) mass is 710 g/mol. The van der Waals surface area contributed by atoms with Crippen LogP contribution in [0.25, 0.3) is 0 Å². The average Bonchev–Trinajstić information content (AvgIpc) is 2.92. The first-order chi connectivity index (χ1) is 19.6. The molecule has 0 saturated carbocycles. The molecule has 0 radical (unpaired) electrons. The molecule has 4 aromatic carbocycles. The molecule has 0 bridgehead atoms. The summed E-state index contributed by atoms with van der Waals surface area (Å²) in [5.74, 6) is -0.502. The first kappa shape index (κ1) is 33.1. The average molecular weight is 710 g/mol. The molecule has 0 spiro atoms. The SMILES string of the molecule is Fc1ccc(COc2ccc(C(F)(F)F)cc2I)cc1.OB(O)c1cc(C(F)(F)F)ccc1OCc1ccc(F)cc1. The molecule has 0 aromatic heterocycles. The third kappa shape index (κ3) is 9.88. The minimum Gasteiger partial charge on any atom is -0.489 e. The van der Waals surface area contributed by atoms with Crippen molar-refractivity contribution in [1.82, 2.24) is 0 Å². The van der Waals surface area contributed by atoms with Crippen LogP contribution in [-0.4, -0.2) is 17.2 Å². The highest BCUT2D eigenvalue weighted by Gasteiger charge is 2.33.